The lowest BCUT2D eigenvalue weighted by molar-refractivity contribution is -0.122. The molecule has 0 aliphatic heterocycles. The molecule has 2 aromatic carbocycles. The maximum Gasteiger partial charge on any atom is 0.242 e. The smallest absolute Gasteiger partial charge is 0.242 e. The minimum atomic E-state index is -3.84. The molecule has 10 heteroatoms. The molecule has 0 saturated heterocycles. The van der Waals surface area contributed by atoms with Crippen LogP contribution >= 0.6 is 0 Å². The molecule has 28 heavy (non-hydrogen) atoms. The number of sulfonamides is 2. The molecular formula is C18H23N3O5S2. The fraction of sp³-hybridized carbons (Fsp3) is 0.278. The molecule has 1 amide bonds. The maximum absolute atomic E-state index is 12.4. The van der Waals surface area contributed by atoms with E-state index in [-0.39, 0.29) is 16.3 Å². The van der Waals surface area contributed by atoms with Gasteiger partial charge in [-0.2, -0.15) is 4.72 Å². The van der Waals surface area contributed by atoms with Crippen LogP contribution in [-0.2, 0) is 31.4 Å². The average Bonchev–Trinajstić information content (AvgIpc) is 2.66. The second-order valence-corrected chi connectivity index (χ2v) is 10.1. The molecule has 2 N–H and O–H groups in total. The highest BCUT2D eigenvalue weighted by atomic mass is 32.2. The molecule has 0 aromatic heterocycles. The lowest BCUT2D eigenvalue weighted by atomic mass is 10.2. The fourth-order valence-electron chi connectivity index (χ4n) is 2.39. The topological polar surface area (TPSA) is 113 Å². The molecule has 0 unspecified atom stereocenters. The molecule has 2 aromatic rings. The second kappa shape index (κ2) is 8.82. The van der Waals surface area contributed by atoms with Crippen molar-refractivity contribution in [2.24, 2.45) is 0 Å². The zero-order valence-corrected chi connectivity index (χ0v) is 17.4. The van der Waals surface area contributed by atoms with Gasteiger partial charge >= 0.3 is 0 Å². The Kier molecular flexibility index (Phi) is 6.94. The van der Waals surface area contributed by atoms with Crippen molar-refractivity contribution >= 4 is 26.0 Å². The van der Waals surface area contributed by atoms with E-state index in [1.807, 2.05) is 0 Å². The van der Waals surface area contributed by atoms with Gasteiger partial charge in [-0.15, -0.1) is 0 Å². The van der Waals surface area contributed by atoms with Crippen molar-refractivity contribution in [2.45, 2.75) is 29.3 Å². The first kappa shape index (κ1) is 22.0. The predicted molar refractivity (Wildman–Crippen MR) is 105 cm³/mol. The van der Waals surface area contributed by atoms with E-state index in [9.17, 15) is 21.6 Å². The Morgan fingerprint density at radius 1 is 0.964 bits per heavy atom. The monoisotopic (exact) mass is 425 g/mol. The molecule has 0 radical (unpaired) electrons. The number of nitrogens with one attached hydrogen (secondary N) is 2. The van der Waals surface area contributed by atoms with Gasteiger partial charge in [0, 0.05) is 20.6 Å². The summed E-state index contributed by atoms with van der Waals surface area (Å²) in [6, 6.07) is 13.0. The molecule has 0 saturated carbocycles. The summed E-state index contributed by atoms with van der Waals surface area (Å²) in [5.41, 5.74) is 0.405. The van der Waals surface area contributed by atoms with Crippen molar-refractivity contribution in [3.63, 3.8) is 0 Å². The lowest BCUT2D eigenvalue weighted by Crippen LogP contribution is -2.44. The van der Waals surface area contributed by atoms with Gasteiger partial charge in [0.2, 0.25) is 26.0 Å². The van der Waals surface area contributed by atoms with Crippen LogP contribution in [0.4, 0.5) is 0 Å². The summed E-state index contributed by atoms with van der Waals surface area (Å²) in [6.07, 6.45) is 0. The number of benzene rings is 2. The van der Waals surface area contributed by atoms with Crippen LogP contribution in [0.1, 0.15) is 12.5 Å². The molecule has 0 bridgehead atoms. The number of rotatable bonds is 8. The van der Waals surface area contributed by atoms with Gasteiger partial charge in [0.15, 0.2) is 0 Å². The van der Waals surface area contributed by atoms with Crippen molar-refractivity contribution in [1.82, 2.24) is 14.3 Å². The molecule has 8 nitrogen and oxygen atoms in total. The van der Waals surface area contributed by atoms with Crippen molar-refractivity contribution in [3.05, 3.63) is 60.2 Å². The third kappa shape index (κ3) is 5.16. The number of carbonyl (C=O) groups excluding carboxylic acids is 1. The van der Waals surface area contributed by atoms with Crippen LogP contribution in [0.2, 0.25) is 0 Å². The number of hydrogen-bond acceptors (Lipinski definition) is 5. The van der Waals surface area contributed by atoms with Gasteiger partial charge in [0.25, 0.3) is 0 Å². The number of amides is 1. The lowest BCUT2D eigenvalue weighted by Gasteiger charge is -2.17. The van der Waals surface area contributed by atoms with Crippen LogP contribution in [-0.4, -0.2) is 47.2 Å². The van der Waals surface area contributed by atoms with Crippen LogP contribution < -0.4 is 10.0 Å². The van der Waals surface area contributed by atoms with Crippen molar-refractivity contribution in [1.29, 1.82) is 0 Å². The predicted octanol–water partition coefficient (Wildman–Crippen LogP) is 0.920. The first-order chi connectivity index (χ1) is 13.1. The van der Waals surface area contributed by atoms with E-state index >= 15 is 0 Å². The SMILES string of the molecule is C[C@H](NS(=O)(=O)c1ccccc1)C(=O)NCc1ccccc1S(=O)(=O)N(C)C. The van der Waals surface area contributed by atoms with Crippen LogP contribution in [0.25, 0.3) is 0 Å². The Bertz CT molecular complexity index is 1040. The molecule has 0 heterocycles. The third-order valence-electron chi connectivity index (χ3n) is 3.96. The van der Waals surface area contributed by atoms with Crippen molar-refractivity contribution in [2.75, 3.05) is 14.1 Å². The minimum Gasteiger partial charge on any atom is -0.351 e. The maximum atomic E-state index is 12.4. The summed E-state index contributed by atoms with van der Waals surface area (Å²) in [5, 5.41) is 2.58. The average molecular weight is 426 g/mol. The number of nitrogens with zero attached hydrogens (tertiary/aromatic N) is 1. The number of hydrogen-bond donors (Lipinski definition) is 2. The van der Waals surface area contributed by atoms with Gasteiger partial charge in [-0.1, -0.05) is 36.4 Å². The molecule has 0 spiro atoms. The minimum absolute atomic E-state index is 0.0528. The Labute approximate surface area is 165 Å². The molecule has 1 atom stereocenters. The van der Waals surface area contributed by atoms with E-state index in [1.165, 1.54) is 39.2 Å². The van der Waals surface area contributed by atoms with Crippen LogP contribution in [0, 0.1) is 0 Å². The van der Waals surface area contributed by atoms with Crippen molar-refractivity contribution < 1.29 is 21.6 Å². The van der Waals surface area contributed by atoms with E-state index in [2.05, 4.69) is 10.0 Å². The zero-order valence-electron chi connectivity index (χ0n) is 15.8. The first-order valence-corrected chi connectivity index (χ1v) is 11.3. The normalized spacial score (nSPS) is 13.3. The Morgan fingerprint density at radius 3 is 2.14 bits per heavy atom. The highest BCUT2D eigenvalue weighted by molar-refractivity contribution is 7.89. The van der Waals surface area contributed by atoms with E-state index in [1.54, 1.807) is 36.4 Å². The Morgan fingerprint density at radius 2 is 1.54 bits per heavy atom. The van der Waals surface area contributed by atoms with Gasteiger partial charge < -0.3 is 5.32 Å². The standard InChI is InChI=1S/C18H23N3O5S2/c1-14(20-27(23,24)16-10-5-4-6-11-16)18(22)19-13-15-9-7-8-12-17(15)28(25,26)21(2)3/h4-12,14,20H,13H2,1-3H3,(H,19,22)/t14-/m0/s1. The highest BCUT2D eigenvalue weighted by Crippen LogP contribution is 2.18. The highest BCUT2D eigenvalue weighted by Gasteiger charge is 2.23. The Balaban J connectivity index is 2.09. The third-order valence-corrected chi connectivity index (χ3v) is 7.44. The summed E-state index contributed by atoms with van der Waals surface area (Å²) < 4.78 is 52.8. The molecule has 152 valence electrons. The first-order valence-electron chi connectivity index (χ1n) is 8.41. The number of carbonyl (C=O) groups is 1. The molecule has 0 fully saturated rings. The van der Waals surface area contributed by atoms with Crippen LogP contribution in [0.5, 0.6) is 0 Å². The molecule has 0 aliphatic rings. The summed E-state index contributed by atoms with van der Waals surface area (Å²) in [4.78, 5) is 12.5. The van der Waals surface area contributed by atoms with Gasteiger partial charge in [-0.05, 0) is 30.7 Å². The quantitative estimate of drug-likeness (QED) is 0.653. The van der Waals surface area contributed by atoms with E-state index in [0.29, 0.717) is 5.56 Å². The van der Waals surface area contributed by atoms with Gasteiger partial charge in [0.1, 0.15) is 0 Å². The molecule has 0 aliphatic carbocycles. The van der Waals surface area contributed by atoms with E-state index in [4.69, 9.17) is 0 Å². The van der Waals surface area contributed by atoms with Gasteiger partial charge in [-0.25, -0.2) is 21.1 Å². The largest absolute Gasteiger partial charge is 0.351 e. The summed E-state index contributed by atoms with van der Waals surface area (Å²) in [7, 11) is -4.67. The van der Waals surface area contributed by atoms with Gasteiger partial charge in [0.05, 0.1) is 15.8 Å². The van der Waals surface area contributed by atoms with Gasteiger partial charge in [-0.3, -0.25) is 4.79 Å². The van der Waals surface area contributed by atoms with Crippen LogP contribution in [0.15, 0.2) is 64.4 Å². The summed E-state index contributed by atoms with van der Waals surface area (Å²) >= 11 is 0. The summed E-state index contributed by atoms with van der Waals surface area (Å²) in [6.45, 7) is 1.36. The zero-order chi connectivity index (χ0) is 20.9. The second-order valence-electron chi connectivity index (χ2n) is 6.27. The molecule has 2 rings (SSSR count). The van der Waals surface area contributed by atoms with E-state index < -0.39 is 32.0 Å². The Hall–Kier alpha value is -2.27. The van der Waals surface area contributed by atoms with E-state index in [0.717, 1.165) is 4.31 Å². The van der Waals surface area contributed by atoms with Crippen LogP contribution in [0.3, 0.4) is 0 Å². The summed E-state index contributed by atoms with van der Waals surface area (Å²) in [5.74, 6) is -0.573. The molecular weight excluding hydrogens is 402 g/mol. The fourth-order valence-corrected chi connectivity index (χ4v) is 4.73. The van der Waals surface area contributed by atoms with Crippen molar-refractivity contribution in [3.8, 4) is 0 Å².